The van der Waals surface area contributed by atoms with Crippen molar-refractivity contribution in [2.24, 2.45) is 5.92 Å². The Balaban J connectivity index is 1.63. The number of hydrogen-bond acceptors (Lipinski definition) is 4. The van der Waals surface area contributed by atoms with Gasteiger partial charge in [0.25, 0.3) is 0 Å². The van der Waals surface area contributed by atoms with E-state index in [-0.39, 0.29) is 36.0 Å². The molecule has 1 heterocycles. The molecule has 0 aliphatic heterocycles. The third kappa shape index (κ3) is 6.10. The van der Waals surface area contributed by atoms with Crippen LogP contribution in [0.15, 0.2) is 29.6 Å². The zero-order valence-electron chi connectivity index (χ0n) is 17.0. The lowest BCUT2D eigenvalue weighted by Gasteiger charge is -2.29. The molecule has 1 saturated carbocycles. The number of hydrogen-bond donors (Lipinski definition) is 1. The minimum atomic E-state index is -0.249. The van der Waals surface area contributed by atoms with E-state index >= 15 is 0 Å². The van der Waals surface area contributed by atoms with E-state index in [0.717, 1.165) is 31.2 Å². The molecule has 0 spiro atoms. The van der Waals surface area contributed by atoms with Crippen LogP contribution in [-0.2, 0) is 22.4 Å². The van der Waals surface area contributed by atoms with Crippen LogP contribution in [0, 0.1) is 11.7 Å². The van der Waals surface area contributed by atoms with Gasteiger partial charge in [-0.3, -0.25) is 9.59 Å². The highest BCUT2D eigenvalue weighted by atomic mass is 32.1. The summed E-state index contributed by atoms with van der Waals surface area (Å²) in [5.74, 6) is -0.384. The van der Waals surface area contributed by atoms with Gasteiger partial charge in [-0.15, -0.1) is 11.3 Å². The van der Waals surface area contributed by atoms with Gasteiger partial charge in [-0.25, -0.2) is 9.37 Å². The van der Waals surface area contributed by atoms with Crippen molar-refractivity contribution in [2.45, 2.75) is 58.4 Å². The molecular weight excluding hydrogens is 389 g/mol. The van der Waals surface area contributed by atoms with Crippen LogP contribution in [0.3, 0.4) is 0 Å². The van der Waals surface area contributed by atoms with Gasteiger partial charge < -0.3 is 10.2 Å². The van der Waals surface area contributed by atoms with Crippen molar-refractivity contribution in [3.8, 4) is 0 Å². The molecule has 1 aliphatic carbocycles. The van der Waals surface area contributed by atoms with Crippen LogP contribution in [-0.4, -0.2) is 34.3 Å². The van der Waals surface area contributed by atoms with Crippen LogP contribution in [0.5, 0.6) is 0 Å². The van der Waals surface area contributed by atoms with E-state index in [2.05, 4.69) is 10.3 Å². The van der Waals surface area contributed by atoms with Crippen molar-refractivity contribution in [1.29, 1.82) is 0 Å². The van der Waals surface area contributed by atoms with Gasteiger partial charge in [-0.2, -0.15) is 0 Å². The maximum Gasteiger partial charge on any atom is 0.228 e. The molecule has 3 rings (SSSR count). The minimum absolute atomic E-state index is 0.0612. The second kappa shape index (κ2) is 9.96. The molecule has 0 saturated heterocycles. The van der Waals surface area contributed by atoms with Crippen LogP contribution in [0.2, 0.25) is 0 Å². The summed E-state index contributed by atoms with van der Waals surface area (Å²) in [4.78, 5) is 31.3. The molecular formula is C22H28FN3O2S. The number of aromatic nitrogens is 1. The summed E-state index contributed by atoms with van der Waals surface area (Å²) in [5, 5.41) is 5.15. The normalized spacial score (nSPS) is 14.3. The SMILES string of the molecule is CC(C)C(=O)Nc1nc(CC(=O)N(CCc2ccc(F)cc2)C2CCCC2)cs1. The van der Waals surface area contributed by atoms with Crippen molar-refractivity contribution >= 4 is 28.3 Å². The molecule has 0 unspecified atom stereocenters. The third-order valence-electron chi connectivity index (χ3n) is 5.28. The van der Waals surface area contributed by atoms with Gasteiger partial charge in [0.05, 0.1) is 12.1 Å². The lowest BCUT2D eigenvalue weighted by molar-refractivity contribution is -0.132. The zero-order valence-corrected chi connectivity index (χ0v) is 17.8. The Morgan fingerprint density at radius 2 is 1.93 bits per heavy atom. The maximum atomic E-state index is 13.1. The summed E-state index contributed by atoms with van der Waals surface area (Å²) < 4.78 is 13.1. The number of amides is 2. The Bertz CT molecular complexity index is 829. The molecule has 1 fully saturated rings. The number of rotatable bonds is 8. The van der Waals surface area contributed by atoms with Crippen LogP contribution in [0.25, 0.3) is 0 Å². The smallest absolute Gasteiger partial charge is 0.228 e. The quantitative estimate of drug-likeness (QED) is 0.691. The van der Waals surface area contributed by atoms with Gasteiger partial charge in [0, 0.05) is 23.9 Å². The topological polar surface area (TPSA) is 62.3 Å². The fourth-order valence-corrected chi connectivity index (χ4v) is 4.29. The van der Waals surface area contributed by atoms with Crippen LogP contribution < -0.4 is 5.32 Å². The van der Waals surface area contributed by atoms with Crippen LogP contribution in [0.4, 0.5) is 9.52 Å². The van der Waals surface area contributed by atoms with E-state index in [0.29, 0.717) is 23.8 Å². The van der Waals surface area contributed by atoms with E-state index in [4.69, 9.17) is 0 Å². The fourth-order valence-electron chi connectivity index (χ4n) is 3.58. The third-order valence-corrected chi connectivity index (χ3v) is 6.09. The Hall–Kier alpha value is -2.28. The summed E-state index contributed by atoms with van der Waals surface area (Å²) in [6, 6.07) is 6.73. The maximum absolute atomic E-state index is 13.1. The molecule has 0 bridgehead atoms. The second-order valence-corrected chi connectivity index (χ2v) is 8.72. The lowest BCUT2D eigenvalue weighted by Crippen LogP contribution is -2.41. The molecule has 0 radical (unpaired) electrons. The van der Waals surface area contributed by atoms with Crippen LogP contribution >= 0.6 is 11.3 Å². The minimum Gasteiger partial charge on any atom is -0.339 e. The molecule has 7 heteroatoms. The van der Waals surface area contributed by atoms with Crippen molar-refractivity contribution in [2.75, 3.05) is 11.9 Å². The van der Waals surface area contributed by atoms with E-state index < -0.39 is 0 Å². The number of benzene rings is 1. The summed E-state index contributed by atoms with van der Waals surface area (Å²) >= 11 is 1.34. The standard InChI is InChI=1S/C22H28FN3O2S/c1-15(2)21(28)25-22-24-18(14-29-22)13-20(27)26(19-5-3-4-6-19)12-11-16-7-9-17(23)10-8-16/h7-10,14-15,19H,3-6,11-13H2,1-2H3,(H,24,25,28). The Morgan fingerprint density at radius 1 is 1.24 bits per heavy atom. The average Bonchev–Trinajstić information content (AvgIpc) is 3.36. The first-order chi connectivity index (χ1) is 13.9. The highest BCUT2D eigenvalue weighted by molar-refractivity contribution is 7.13. The van der Waals surface area contributed by atoms with Gasteiger partial charge >= 0.3 is 0 Å². The van der Waals surface area contributed by atoms with E-state index in [9.17, 15) is 14.0 Å². The molecule has 1 aromatic heterocycles. The van der Waals surface area contributed by atoms with Crippen LogP contribution in [0.1, 0.15) is 50.8 Å². The monoisotopic (exact) mass is 417 g/mol. The Kier molecular flexibility index (Phi) is 7.36. The number of carbonyl (C=O) groups is 2. The number of anilines is 1. The number of nitrogens with one attached hydrogen (secondary N) is 1. The number of halogens is 1. The highest BCUT2D eigenvalue weighted by Gasteiger charge is 2.27. The Morgan fingerprint density at radius 3 is 2.59 bits per heavy atom. The van der Waals surface area contributed by atoms with Crippen molar-refractivity contribution < 1.29 is 14.0 Å². The molecule has 1 N–H and O–H groups in total. The van der Waals surface area contributed by atoms with Gasteiger partial charge in [0.1, 0.15) is 5.82 Å². The Labute approximate surface area is 175 Å². The van der Waals surface area contributed by atoms with Gasteiger partial charge in [0.15, 0.2) is 5.13 Å². The fraction of sp³-hybridized carbons (Fsp3) is 0.500. The first-order valence-electron chi connectivity index (χ1n) is 10.2. The predicted molar refractivity (Wildman–Crippen MR) is 113 cm³/mol. The molecule has 1 aliphatic rings. The van der Waals surface area contributed by atoms with E-state index in [1.807, 2.05) is 24.1 Å². The molecule has 2 aromatic rings. The second-order valence-electron chi connectivity index (χ2n) is 7.87. The summed E-state index contributed by atoms with van der Waals surface area (Å²) in [6.07, 6.45) is 5.28. The van der Waals surface area contributed by atoms with E-state index in [1.54, 1.807) is 12.1 Å². The number of thiazole rings is 1. The molecule has 29 heavy (non-hydrogen) atoms. The molecule has 156 valence electrons. The van der Waals surface area contributed by atoms with E-state index in [1.165, 1.54) is 23.5 Å². The summed E-state index contributed by atoms with van der Waals surface area (Å²) in [7, 11) is 0. The predicted octanol–water partition coefficient (Wildman–Crippen LogP) is 4.43. The highest BCUT2D eigenvalue weighted by Crippen LogP contribution is 2.25. The first-order valence-corrected chi connectivity index (χ1v) is 11.1. The molecule has 1 aromatic carbocycles. The average molecular weight is 418 g/mol. The van der Waals surface area contributed by atoms with Gasteiger partial charge in [-0.05, 0) is 37.0 Å². The summed E-state index contributed by atoms with van der Waals surface area (Å²) in [5.41, 5.74) is 1.71. The van der Waals surface area contributed by atoms with Crippen molar-refractivity contribution in [3.05, 3.63) is 46.7 Å². The number of carbonyl (C=O) groups excluding carboxylic acids is 2. The van der Waals surface area contributed by atoms with Gasteiger partial charge in [-0.1, -0.05) is 38.8 Å². The zero-order chi connectivity index (χ0) is 20.8. The van der Waals surface area contributed by atoms with Gasteiger partial charge in [0.2, 0.25) is 11.8 Å². The first kappa shape index (κ1) is 21.4. The summed E-state index contributed by atoms with van der Waals surface area (Å²) in [6.45, 7) is 4.28. The molecule has 0 atom stereocenters. The molecule has 2 amide bonds. The molecule has 5 nitrogen and oxygen atoms in total. The van der Waals surface area contributed by atoms with Crippen molar-refractivity contribution in [3.63, 3.8) is 0 Å². The number of nitrogens with zero attached hydrogens (tertiary/aromatic N) is 2. The van der Waals surface area contributed by atoms with Crippen molar-refractivity contribution in [1.82, 2.24) is 9.88 Å². The lowest BCUT2D eigenvalue weighted by atomic mass is 10.1. The largest absolute Gasteiger partial charge is 0.339 e.